The first-order valence-corrected chi connectivity index (χ1v) is 38.3. The van der Waals surface area contributed by atoms with Crippen LogP contribution < -0.4 is 0 Å². The second kappa shape index (κ2) is 25.0. The van der Waals surface area contributed by atoms with E-state index >= 15 is 0 Å². The van der Waals surface area contributed by atoms with Gasteiger partial charge in [-0.15, -0.1) is 0 Å². The van der Waals surface area contributed by atoms with Crippen LogP contribution in [0.2, 0.25) is 0 Å². The normalized spacial score (nSPS) is 12.0. The minimum Gasteiger partial charge on any atom is -0.456 e. The fourth-order valence-electron chi connectivity index (χ4n) is 17.7. The van der Waals surface area contributed by atoms with Crippen LogP contribution in [0.25, 0.3) is 253 Å². The van der Waals surface area contributed by atoms with Crippen molar-refractivity contribution in [2.24, 2.45) is 0 Å². The van der Waals surface area contributed by atoms with Gasteiger partial charge < -0.3 is 17.7 Å². The second-order valence-electron chi connectivity index (χ2n) is 29.4. The first-order chi connectivity index (χ1) is 56.5. The van der Waals surface area contributed by atoms with Gasteiger partial charge in [0, 0.05) is 76.5 Å². The van der Waals surface area contributed by atoms with E-state index in [-0.39, 0.29) is 0 Å². The largest absolute Gasteiger partial charge is 0.456 e. The molecular formula is C104H58N6O4. The van der Waals surface area contributed by atoms with E-state index in [4.69, 9.17) is 47.6 Å². The third-order valence-electron chi connectivity index (χ3n) is 23.0. The van der Waals surface area contributed by atoms with Crippen molar-refractivity contribution in [3.8, 4) is 79.5 Å². The van der Waals surface area contributed by atoms with Crippen molar-refractivity contribution < 1.29 is 17.7 Å². The highest BCUT2D eigenvalue weighted by Crippen LogP contribution is 2.47. The van der Waals surface area contributed by atoms with Crippen molar-refractivity contribution in [2.45, 2.75) is 0 Å². The second-order valence-corrected chi connectivity index (χ2v) is 29.4. The number of hydrogen-bond donors (Lipinski definition) is 0. The van der Waals surface area contributed by atoms with E-state index in [1.807, 2.05) is 121 Å². The van der Waals surface area contributed by atoms with E-state index < -0.39 is 0 Å². The van der Waals surface area contributed by atoms with Crippen LogP contribution in [0.5, 0.6) is 0 Å². The number of para-hydroxylation sites is 4. The summed E-state index contributed by atoms with van der Waals surface area (Å²) >= 11 is 0. The topological polar surface area (TPSA) is 130 Å². The lowest BCUT2D eigenvalue weighted by Gasteiger charge is -2.16. The highest BCUT2D eigenvalue weighted by Gasteiger charge is 2.24. The summed E-state index contributed by atoms with van der Waals surface area (Å²) in [6.07, 6.45) is 0. The van der Waals surface area contributed by atoms with Gasteiger partial charge in [0.15, 0.2) is 34.9 Å². The van der Waals surface area contributed by atoms with Gasteiger partial charge >= 0.3 is 0 Å². The minimum atomic E-state index is 0.586. The van der Waals surface area contributed by atoms with Crippen LogP contribution in [0.1, 0.15) is 0 Å². The Morgan fingerprint density at radius 1 is 0.132 bits per heavy atom. The molecule has 6 heterocycles. The lowest BCUT2D eigenvalue weighted by atomic mass is 9.87. The number of hydrogen-bond acceptors (Lipinski definition) is 10. The Hall–Kier alpha value is -15.5. The van der Waals surface area contributed by atoms with Crippen LogP contribution in [0.4, 0.5) is 0 Å². The van der Waals surface area contributed by atoms with Gasteiger partial charge in [-0.1, -0.05) is 243 Å². The zero-order valence-corrected chi connectivity index (χ0v) is 60.8. The van der Waals surface area contributed by atoms with Crippen LogP contribution in [-0.4, -0.2) is 29.9 Å². The Balaban J connectivity index is 0.000000132. The smallest absolute Gasteiger partial charge is 0.164 e. The summed E-state index contributed by atoms with van der Waals surface area (Å²) in [5.74, 6) is 3.56. The van der Waals surface area contributed by atoms with E-state index in [1.165, 1.54) is 81.0 Å². The van der Waals surface area contributed by atoms with Gasteiger partial charge in [0.1, 0.15) is 44.7 Å². The van der Waals surface area contributed by atoms with Gasteiger partial charge in [-0.3, -0.25) is 0 Å². The Kier molecular flexibility index (Phi) is 13.9. The van der Waals surface area contributed by atoms with Crippen molar-refractivity contribution in [3.63, 3.8) is 0 Å². The molecule has 0 fully saturated rings. The average Bonchev–Trinajstić information content (AvgIpc) is 1.18. The summed E-state index contributed by atoms with van der Waals surface area (Å²) in [5.41, 5.74) is 14.4. The van der Waals surface area contributed by atoms with Crippen molar-refractivity contribution in [1.29, 1.82) is 0 Å². The molecule has 0 unspecified atom stereocenters. The molecule has 25 aromatic rings. The van der Waals surface area contributed by atoms with Crippen LogP contribution in [0.3, 0.4) is 0 Å². The van der Waals surface area contributed by atoms with E-state index in [0.29, 0.717) is 34.9 Å². The number of rotatable bonds is 7. The number of nitrogens with zero attached hydrogens (tertiary/aromatic N) is 6. The molecule has 19 aromatic carbocycles. The first-order valence-electron chi connectivity index (χ1n) is 38.3. The Labute approximate surface area is 648 Å². The summed E-state index contributed by atoms with van der Waals surface area (Å²) in [7, 11) is 0. The summed E-state index contributed by atoms with van der Waals surface area (Å²) in [4.78, 5) is 31.2. The molecule has 0 saturated carbocycles. The molecule has 0 radical (unpaired) electrons. The van der Waals surface area contributed by atoms with E-state index in [0.717, 1.165) is 137 Å². The number of benzene rings is 19. The summed E-state index contributed by atoms with van der Waals surface area (Å²) in [6, 6.07) is 123. The molecule has 10 heteroatoms. The quantitative estimate of drug-likeness (QED) is 0.142. The SMILES string of the molecule is c1ccc2c(c1)oc1ccc(-c3nc(-c4ccc(-c5cc6c7ccccc7c7ccccc7c6c6ccccc56)cc4)nc(-c4ccc5oc6ccccc6c5c4)n3)cc12.c1ccc2c(c1)oc1ccc(-c3nc(-c4ccc5oc6ccccc6c5c4)nc(-c4cc5c6ccccc6c6ccccc6c5c5ccccc45)n3)cc12. The molecule has 0 aliphatic carbocycles. The van der Waals surface area contributed by atoms with Gasteiger partial charge in [-0.2, -0.15) is 0 Å². The van der Waals surface area contributed by atoms with Gasteiger partial charge in [0.25, 0.3) is 0 Å². The van der Waals surface area contributed by atoms with E-state index in [9.17, 15) is 0 Å². The molecule has 0 aliphatic rings. The number of fused-ring (bicyclic) bond motifs is 28. The molecular weight excluding hydrogens is 1400 g/mol. The highest BCUT2D eigenvalue weighted by atomic mass is 16.3. The molecule has 0 amide bonds. The third-order valence-corrected chi connectivity index (χ3v) is 23.0. The Morgan fingerprint density at radius 3 is 0.675 bits per heavy atom. The maximum Gasteiger partial charge on any atom is 0.164 e. The number of furan rings is 4. The summed E-state index contributed by atoms with van der Waals surface area (Å²) in [6.45, 7) is 0. The monoisotopic (exact) mass is 1450 g/mol. The lowest BCUT2D eigenvalue weighted by Crippen LogP contribution is -2.01. The van der Waals surface area contributed by atoms with Gasteiger partial charge in [-0.25, -0.2) is 29.9 Å². The van der Waals surface area contributed by atoms with E-state index in [2.05, 4.69) is 231 Å². The fourth-order valence-corrected chi connectivity index (χ4v) is 17.7. The van der Waals surface area contributed by atoms with Crippen molar-refractivity contribution in [1.82, 2.24) is 29.9 Å². The number of aromatic nitrogens is 6. The molecule has 0 spiro atoms. The zero-order chi connectivity index (χ0) is 74.6. The Bertz CT molecular complexity index is 8140. The summed E-state index contributed by atoms with van der Waals surface area (Å²) in [5, 5.41) is 27.9. The molecule has 0 bridgehead atoms. The molecule has 0 aliphatic heterocycles. The maximum absolute atomic E-state index is 6.19. The molecule has 0 saturated heterocycles. The average molecular weight is 1460 g/mol. The molecule has 528 valence electrons. The maximum atomic E-state index is 6.19. The predicted octanol–water partition coefficient (Wildman–Crippen LogP) is 28.2. The lowest BCUT2D eigenvalue weighted by molar-refractivity contribution is 0.668. The highest BCUT2D eigenvalue weighted by molar-refractivity contribution is 6.35. The van der Waals surface area contributed by atoms with Crippen molar-refractivity contribution in [3.05, 3.63) is 352 Å². The zero-order valence-electron chi connectivity index (χ0n) is 60.8. The molecule has 0 N–H and O–H groups in total. The van der Waals surface area contributed by atoms with Crippen LogP contribution in [0.15, 0.2) is 370 Å². The molecule has 0 atom stereocenters. The van der Waals surface area contributed by atoms with Crippen LogP contribution in [0, 0.1) is 0 Å². The molecule has 6 aromatic heterocycles. The van der Waals surface area contributed by atoms with E-state index in [1.54, 1.807) is 0 Å². The summed E-state index contributed by atoms with van der Waals surface area (Å²) < 4.78 is 24.7. The molecule has 114 heavy (non-hydrogen) atoms. The third kappa shape index (κ3) is 10.0. The van der Waals surface area contributed by atoms with Gasteiger partial charge in [0.05, 0.1) is 0 Å². The molecule has 25 rings (SSSR count). The first kappa shape index (κ1) is 63.4. The Morgan fingerprint density at radius 2 is 0.342 bits per heavy atom. The van der Waals surface area contributed by atoms with Gasteiger partial charge in [0.2, 0.25) is 0 Å². The minimum absolute atomic E-state index is 0.586. The molecule has 10 nitrogen and oxygen atoms in total. The van der Waals surface area contributed by atoms with Gasteiger partial charge in [-0.05, 0) is 207 Å². The van der Waals surface area contributed by atoms with Crippen molar-refractivity contribution >= 4 is 174 Å². The van der Waals surface area contributed by atoms with Crippen molar-refractivity contribution in [2.75, 3.05) is 0 Å². The fraction of sp³-hybridized carbons (Fsp3) is 0. The predicted molar refractivity (Wildman–Crippen MR) is 467 cm³/mol. The van der Waals surface area contributed by atoms with Crippen LogP contribution >= 0.6 is 0 Å². The standard InChI is InChI=1S/C55H31N3O2.C49H27N3O2/c1-2-13-38-36(11-1)37-12-3-5-17-42(37)52-43-18-6-4-14-39(43)44(31-47(38)52)32-21-23-33(24-22-32)53-56-54(34-25-27-50-45(29-34)40-15-7-9-19-48(40)59-50)58-55(57-53)35-26-28-51-46(30-35)41-16-8-10-20-49(41)60-51;1-2-13-32-30(11-1)31-12-3-5-17-36(31)46-37-18-6-4-14-33(37)41(27-40(32)46)49-51-47(28-21-23-44-38(25-28)34-15-7-9-19-42(34)53-44)50-48(52-49)29-22-24-45-39(26-29)35-16-8-10-20-43(35)54-45/h1-31H;1-27H. The van der Waals surface area contributed by atoms with Crippen LogP contribution in [-0.2, 0) is 0 Å².